The van der Waals surface area contributed by atoms with E-state index in [0.29, 0.717) is 6.61 Å². The molecule has 0 heterocycles. The van der Waals surface area contributed by atoms with Crippen LogP contribution in [0.1, 0.15) is 76.4 Å². The molecule has 0 aromatic heterocycles. The van der Waals surface area contributed by atoms with Crippen LogP contribution in [-0.2, 0) is 13.6 Å². The van der Waals surface area contributed by atoms with E-state index in [1.807, 2.05) is 0 Å². The monoisotopic (exact) mass is 536 g/mol. The summed E-state index contributed by atoms with van der Waals surface area (Å²) < 4.78 is 19.9. The van der Waals surface area contributed by atoms with Crippen molar-refractivity contribution in [2.24, 2.45) is 5.92 Å². The quantitative estimate of drug-likeness (QED) is 0.272. The van der Waals surface area contributed by atoms with Crippen LogP contribution in [0.2, 0.25) is 36.3 Å². The van der Waals surface area contributed by atoms with Gasteiger partial charge in [-0.2, -0.15) is 0 Å². The maximum absolute atomic E-state index is 7.31. The summed E-state index contributed by atoms with van der Waals surface area (Å²) >= 11 is 0. The van der Waals surface area contributed by atoms with E-state index in [1.54, 1.807) is 7.11 Å². The summed E-state index contributed by atoms with van der Waals surface area (Å²) in [5, 5.41) is 0.179. The minimum absolute atomic E-state index is 0.0457. The molecule has 202 valence electrons. The Kier molecular flexibility index (Phi) is 9.04. The average Bonchev–Trinajstić information content (AvgIpc) is 2.80. The molecule has 0 fully saturated rings. The summed E-state index contributed by atoms with van der Waals surface area (Å²) in [6.07, 6.45) is -0.230. The fourth-order valence-electron chi connectivity index (χ4n) is 4.51. The molecule has 1 aliphatic carbocycles. The van der Waals surface area contributed by atoms with E-state index in [-0.39, 0.29) is 34.1 Å². The van der Waals surface area contributed by atoms with Crippen LogP contribution in [0.15, 0.2) is 54.6 Å². The van der Waals surface area contributed by atoms with Gasteiger partial charge in [0.15, 0.2) is 16.6 Å². The molecule has 4 atom stereocenters. The van der Waals surface area contributed by atoms with Crippen molar-refractivity contribution in [3.8, 4) is 11.8 Å². The lowest BCUT2D eigenvalue weighted by Gasteiger charge is -2.49. The number of benzene rings is 2. The molecule has 3 nitrogen and oxygen atoms in total. The van der Waals surface area contributed by atoms with Crippen molar-refractivity contribution >= 4 is 16.6 Å². The van der Waals surface area contributed by atoms with Gasteiger partial charge in [-0.15, -0.1) is 0 Å². The van der Waals surface area contributed by atoms with Gasteiger partial charge >= 0.3 is 0 Å². The van der Waals surface area contributed by atoms with Gasteiger partial charge in [0.2, 0.25) is 0 Å². The number of methoxy groups -OCH3 is 1. The van der Waals surface area contributed by atoms with Crippen LogP contribution in [-0.4, -0.2) is 30.4 Å². The highest BCUT2D eigenvalue weighted by Crippen LogP contribution is 2.56. The zero-order valence-corrected chi connectivity index (χ0v) is 26.9. The van der Waals surface area contributed by atoms with Gasteiger partial charge < -0.3 is 13.6 Å². The van der Waals surface area contributed by atoms with Crippen molar-refractivity contribution in [3.05, 3.63) is 71.3 Å². The van der Waals surface area contributed by atoms with Crippen molar-refractivity contribution in [2.75, 3.05) is 13.7 Å². The highest BCUT2D eigenvalue weighted by molar-refractivity contribution is 6.74. The van der Waals surface area contributed by atoms with Gasteiger partial charge in [-0.1, -0.05) is 108 Å². The fourth-order valence-corrected chi connectivity index (χ4v) is 7.03. The van der Waals surface area contributed by atoms with Gasteiger partial charge in [0, 0.05) is 13.0 Å². The van der Waals surface area contributed by atoms with Crippen LogP contribution in [0.4, 0.5) is 0 Å². The summed E-state index contributed by atoms with van der Waals surface area (Å²) in [4.78, 5) is 0. The Bertz CT molecular complexity index is 1100. The third-order valence-electron chi connectivity index (χ3n) is 8.77. The molecule has 1 aliphatic rings. The molecule has 0 unspecified atom stereocenters. The van der Waals surface area contributed by atoms with E-state index in [4.69, 9.17) is 13.6 Å². The number of ether oxygens (including phenoxy) is 1. The van der Waals surface area contributed by atoms with Crippen LogP contribution in [0.25, 0.3) is 0 Å². The van der Waals surface area contributed by atoms with Gasteiger partial charge in [-0.05, 0) is 53.0 Å². The molecule has 0 radical (unpaired) electrons. The van der Waals surface area contributed by atoms with Crippen molar-refractivity contribution < 1.29 is 13.6 Å². The zero-order valence-electron chi connectivity index (χ0n) is 24.9. The molecule has 0 amide bonds. The maximum atomic E-state index is 7.31. The van der Waals surface area contributed by atoms with Crippen LogP contribution < -0.4 is 0 Å². The summed E-state index contributed by atoms with van der Waals surface area (Å²) in [5.74, 6) is 6.96. The van der Waals surface area contributed by atoms with Gasteiger partial charge in [0.1, 0.15) is 6.61 Å². The third-order valence-corrected chi connectivity index (χ3v) is 17.7. The van der Waals surface area contributed by atoms with Crippen molar-refractivity contribution in [1.29, 1.82) is 0 Å². The molecule has 3 rings (SSSR count). The summed E-state index contributed by atoms with van der Waals surface area (Å²) in [6, 6.07) is 19.6. The van der Waals surface area contributed by atoms with E-state index in [1.165, 1.54) is 16.7 Å². The predicted octanol–water partition coefficient (Wildman–Crippen LogP) is 8.88. The molecule has 2 aromatic rings. The Hall–Kier alpha value is -1.69. The Morgan fingerprint density at radius 2 is 1.16 bits per heavy atom. The standard InChI is InChI=1S/C32H48O3Si2/c1-31(2,3)36(8,9)34-29-25-20-15-16-21-26(25)30(35-37(10,11)32(4,5)6)28(24-18-13-12-14-19-24)27(29)22-17-23-33-7/h12-16,18-21,27-30H,23H2,1-11H3/t27-,28-,29-,30+/m0/s1. The van der Waals surface area contributed by atoms with Gasteiger partial charge in [0.25, 0.3) is 0 Å². The first-order valence-corrected chi connectivity index (χ1v) is 19.4. The van der Waals surface area contributed by atoms with E-state index in [2.05, 4.69) is 134 Å². The second-order valence-electron chi connectivity index (χ2n) is 13.4. The molecule has 37 heavy (non-hydrogen) atoms. The molecule has 0 spiro atoms. The molecular weight excluding hydrogens is 489 g/mol. The predicted molar refractivity (Wildman–Crippen MR) is 161 cm³/mol. The van der Waals surface area contributed by atoms with Gasteiger partial charge in [0.05, 0.1) is 18.1 Å². The van der Waals surface area contributed by atoms with E-state index >= 15 is 0 Å². The minimum Gasteiger partial charge on any atom is -0.409 e. The average molecular weight is 537 g/mol. The first-order valence-electron chi connectivity index (χ1n) is 13.6. The lowest BCUT2D eigenvalue weighted by molar-refractivity contribution is 0.0521. The first kappa shape index (κ1) is 29.9. The van der Waals surface area contributed by atoms with Crippen molar-refractivity contribution in [2.45, 2.75) is 95.9 Å². The minimum atomic E-state index is -2.11. The van der Waals surface area contributed by atoms with E-state index in [9.17, 15) is 0 Å². The van der Waals surface area contributed by atoms with E-state index < -0.39 is 16.6 Å². The van der Waals surface area contributed by atoms with Crippen LogP contribution >= 0.6 is 0 Å². The van der Waals surface area contributed by atoms with Crippen LogP contribution in [0, 0.1) is 17.8 Å². The highest BCUT2D eigenvalue weighted by Gasteiger charge is 2.50. The number of rotatable bonds is 6. The van der Waals surface area contributed by atoms with Crippen molar-refractivity contribution in [1.82, 2.24) is 0 Å². The molecule has 2 aromatic carbocycles. The number of hydrogen-bond acceptors (Lipinski definition) is 3. The second-order valence-corrected chi connectivity index (χ2v) is 23.0. The fraction of sp³-hybridized carbons (Fsp3) is 0.562. The van der Waals surface area contributed by atoms with Crippen LogP contribution in [0.3, 0.4) is 0 Å². The zero-order chi connectivity index (χ0) is 27.6. The van der Waals surface area contributed by atoms with Crippen molar-refractivity contribution in [3.63, 3.8) is 0 Å². The SMILES string of the molecule is COCC#C[C@H]1[C@H](c2ccccc2)[C@H](O[Si](C)(C)C(C)(C)C)c2ccccc2[C@@H]1O[Si](C)(C)C(C)(C)C. The number of hydrogen-bond donors (Lipinski definition) is 0. The molecule has 0 aliphatic heterocycles. The second kappa shape index (κ2) is 11.2. The molecular formula is C32H48O3Si2. The third kappa shape index (κ3) is 6.49. The lowest BCUT2D eigenvalue weighted by Crippen LogP contribution is -2.48. The smallest absolute Gasteiger partial charge is 0.192 e. The molecule has 0 N–H and O–H groups in total. The topological polar surface area (TPSA) is 27.7 Å². The summed E-state index contributed by atoms with van der Waals surface area (Å²) in [7, 11) is -2.52. The largest absolute Gasteiger partial charge is 0.409 e. The highest BCUT2D eigenvalue weighted by atomic mass is 28.4. The summed E-state index contributed by atoms with van der Waals surface area (Å²) in [5.41, 5.74) is 3.72. The first-order chi connectivity index (χ1) is 17.1. The lowest BCUT2D eigenvalue weighted by atomic mass is 9.69. The van der Waals surface area contributed by atoms with Gasteiger partial charge in [-0.3, -0.25) is 0 Å². The number of fused-ring (bicyclic) bond motifs is 1. The Labute approximate surface area is 228 Å². The molecule has 5 heteroatoms. The normalized spacial score (nSPS) is 22.7. The van der Waals surface area contributed by atoms with E-state index in [0.717, 1.165) is 0 Å². The Morgan fingerprint density at radius 3 is 1.65 bits per heavy atom. The van der Waals surface area contributed by atoms with Gasteiger partial charge in [-0.25, -0.2) is 0 Å². The Balaban J connectivity index is 2.29. The molecule has 0 bridgehead atoms. The maximum Gasteiger partial charge on any atom is 0.192 e. The Morgan fingerprint density at radius 1 is 0.703 bits per heavy atom. The molecule has 0 saturated carbocycles. The summed E-state index contributed by atoms with van der Waals surface area (Å²) in [6.45, 7) is 23.6. The molecule has 0 saturated heterocycles. The van der Waals surface area contributed by atoms with Crippen LogP contribution in [0.5, 0.6) is 0 Å².